The quantitative estimate of drug-likeness (QED) is 0.270. The maximum Gasteiger partial charge on any atom is 0.192 e. The summed E-state index contributed by atoms with van der Waals surface area (Å²) in [5.41, 5.74) is 3.34. The second kappa shape index (κ2) is 8.23. The van der Waals surface area contributed by atoms with Gasteiger partial charge in [0.1, 0.15) is 17.3 Å². The van der Waals surface area contributed by atoms with Gasteiger partial charge in [-0.2, -0.15) is 0 Å². The molecule has 1 aliphatic heterocycles. The van der Waals surface area contributed by atoms with Crippen molar-refractivity contribution in [3.05, 3.63) is 108 Å². The van der Waals surface area contributed by atoms with Gasteiger partial charge in [-0.05, 0) is 54.9 Å². The fourth-order valence-electron chi connectivity index (χ4n) is 4.49. The van der Waals surface area contributed by atoms with Gasteiger partial charge < -0.3 is 14.5 Å². The molecule has 0 saturated heterocycles. The molecule has 6 nitrogen and oxygen atoms in total. The van der Waals surface area contributed by atoms with Crippen LogP contribution < -0.4 is 9.64 Å². The van der Waals surface area contributed by atoms with E-state index in [0.717, 1.165) is 27.5 Å². The molecule has 0 N–H and O–H groups in total. The lowest BCUT2D eigenvalue weighted by molar-refractivity contribution is 0.481. The van der Waals surface area contributed by atoms with Gasteiger partial charge in [-0.1, -0.05) is 18.2 Å². The number of para-hydroxylation sites is 1. The zero-order valence-corrected chi connectivity index (χ0v) is 19.0. The zero-order valence-electron chi connectivity index (χ0n) is 22.0. The Morgan fingerprint density at radius 3 is 2.66 bits per heavy atom. The van der Waals surface area contributed by atoms with Gasteiger partial charge in [-0.3, -0.25) is 4.57 Å². The minimum Gasteiger partial charge on any atom is -0.459 e. The van der Waals surface area contributed by atoms with Crippen LogP contribution in [0.3, 0.4) is 0 Å². The Labute approximate surface area is 207 Å². The standard InChI is InChI=1S/C29H23N5O/c1-20-10-11-31-29(14-20)34-27-7-5-4-6-25(27)26-9-8-23(18-28(26)34)35-24-16-21(30-2)15-22(17-24)33-13-12-32(3)19-33/h4-18H,19H2,1,3H3/i1D3. The SMILES string of the molecule is [2H]C([2H])([2H])c1ccnc(-n2c3ccccc3c3ccc(Oc4cc([N+]#[C-])cc(N5C=CN(C)C5)c4)cc32)c1. The third-order valence-corrected chi connectivity index (χ3v) is 6.07. The summed E-state index contributed by atoms with van der Waals surface area (Å²) in [6.45, 7) is 6.00. The number of ether oxygens (including phenoxy) is 1. The lowest BCUT2D eigenvalue weighted by atomic mass is 10.1. The Bertz CT molecular complexity index is 1770. The summed E-state index contributed by atoms with van der Waals surface area (Å²) in [5.74, 6) is 1.67. The molecule has 0 unspecified atom stereocenters. The number of anilines is 1. The number of nitrogens with zero attached hydrogens (tertiary/aromatic N) is 5. The highest BCUT2D eigenvalue weighted by atomic mass is 16.5. The first-order valence-electron chi connectivity index (χ1n) is 12.7. The minimum atomic E-state index is -2.24. The summed E-state index contributed by atoms with van der Waals surface area (Å²) in [6.07, 6.45) is 5.48. The van der Waals surface area contributed by atoms with Crippen LogP contribution in [-0.2, 0) is 0 Å². The monoisotopic (exact) mass is 460 g/mol. The van der Waals surface area contributed by atoms with E-state index in [1.54, 1.807) is 12.1 Å². The van der Waals surface area contributed by atoms with Gasteiger partial charge in [-0.15, -0.1) is 0 Å². The maximum atomic E-state index is 7.85. The highest BCUT2D eigenvalue weighted by Gasteiger charge is 2.16. The van der Waals surface area contributed by atoms with Gasteiger partial charge in [-0.25, -0.2) is 9.83 Å². The predicted molar refractivity (Wildman–Crippen MR) is 140 cm³/mol. The first-order chi connectivity index (χ1) is 18.3. The van der Waals surface area contributed by atoms with Crippen molar-refractivity contribution in [1.29, 1.82) is 0 Å². The molecule has 0 atom stereocenters. The van der Waals surface area contributed by atoms with Crippen molar-refractivity contribution in [1.82, 2.24) is 14.5 Å². The number of benzene rings is 3. The van der Waals surface area contributed by atoms with E-state index in [1.807, 2.05) is 88.4 Å². The number of aromatic nitrogens is 2. The number of rotatable bonds is 4. The molecule has 0 spiro atoms. The zero-order chi connectivity index (χ0) is 26.4. The Morgan fingerprint density at radius 1 is 0.943 bits per heavy atom. The summed E-state index contributed by atoms with van der Waals surface area (Å²) in [4.78, 5) is 12.2. The van der Waals surface area contributed by atoms with E-state index in [2.05, 4.69) is 9.83 Å². The largest absolute Gasteiger partial charge is 0.459 e. The lowest BCUT2D eigenvalue weighted by Gasteiger charge is -2.19. The molecular formula is C29H23N5O. The molecule has 0 bridgehead atoms. The first-order valence-corrected chi connectivity index (χ1v) is 11.2. The van der Waals surface area contributed by atoms with Crippen molar-refractivity contribution in [3.63, 3.8) is 0 Å². The van der Waals surface area contributed by atoms with Crippen LogP contribution in [0.15, 0.2) is 91.4 Å². The predicted octanol–water partition coefficient (Wildman–Crippen LogP) is 7.01. The van der Waals surface area contributed by atoms with Crippen molar-refractivity contribution in [2.45, 2.75) is 6.85 Å². The summed E-state index contributed by atoms with van der Waals surface area (Å²) in [5, 5.41) is 2.02. The topological polar surface area (TPSA) is 37.9 Å². The Kier molecular flexibility index (Phi) is 4.16. The number of hydrogen-bond donors (Lipinski definition) is 0. The summed E-state index contributed by atoms with van der Waals surface area (Å²) < 4.78 is 31.8. The van der Waals surface area contributed by atoms with E-state index in [1.165, 1.54) is 12.3 Å². The summed E-state index contributed by atoms with van der Waals surface area (Å²) in [6, 6.07) is 22.4. The number of pyridine rings is 1. The lowest BCUT2D eigenvalue weighted by Crippen LogP contribution is -2.21. The summed E-state index contributed by atoms with van der Waals surface area (Å²) >= 11 is 0. The maximum absolute atomic E-state index is 7.85. The fraction of sp³-hybridized carbons (Fsp3) is 0.103. The van der Waals surface area contributed by atoms with E-state index in [-0.39, 0.29) is 5.56 Å². The van der Waals surface area contributed by atoms with Crippen molar-refractivity contribution in [3.8, 4) is 17.3 Å². The average molecular weight is 461 g/mol. The second-order valence-corrected chi connectivity index (χ2v) is 8.50. The molecule has 2 aromatic heterocycles. The second-order valence-electron chi connectivity index (χ2n) is 8.50. The van der Waals surface area contributed by atoms with Crippen molar-refractivity contribution < 1.29 is 8.85 Å². The molecule has 0 fully saturated rings. The highest BCUT2D eigenvalue weighted by molar-refractivity contribution is 6.09. The Balaban J connectivity index is 1.46. The van der Waals surface area contributed by atoms with Crippen LogP contribution in [0.2, 0.25) is 0 Å². The average Bonchev–Trinajstić information content (AvgIpc) is 3.49. The third-order valence-electron chi connectivity index (χ3n) is 6.07. The van der Waals surface area contributed by atoms with E-state index < -0.39 is 6.85 Å². The van der Waals surface area contributed by atoms with Crippen LogP contribution in [0.4, 0.5) is 11.4 Å². The van der Waals surface area contributed by atoms with Gasteiger partial charge in [0.25, 0.3) is 0 Å². The molecule has 170 valence electrons. The van der Waals surface area contributed by atoms with Gasteiger partial charge in [0.15, 0.2) is 5.69 Å². The molecule has 0 amide bonds. The Morgan fingerprint density at radius 2 is 1.83 bits per heavy atom. The number of aryl methyl sites for hydroxylation is 1. The first kappa shape index (κ1) is 17.7. The fourth-order valence-corrected chi connectivity index (χ4v) is 4.49. The summed E-state index contributed by atoms with van der Waals surface area (Å²) in [7, 11) is 1.99. The van der Waals surface area contributed by atoms with Crippen molar-refractivity contribution >= 4 is 33.2 Å². The molecular weight excluding hydrogens is 434 g/mol. The van der Waals surface area contributed by atoms with Gasteiger partial charge in [0.05, 0.1) is 24.3 Å². The van der Waals surface area contributed by atoms with Crippen LogP contribution >= 0.6 is 0 Å². The molecule has 0 saturated carbocycles. The molecule has 3 heterocycles. The van der Waals surface area contributed by atoms with Crippen LogP contribution in [0.25, 0.3) is 32.5 Å². The van der Waals surface area contributed by atoms with Crippen molar-refractivity contribution in [2.24, 2.45) is 0 Å². The number of fused-ring (bicyclic) bond motifs is 3. The van der Waals surface area contributed by atoms with Gasteiger partial charge in [0, 0.05) is 58.3 Å². The molecule has 3 aromatic carbocycles. The van der Waals surface area contributed by atoms with E-state index in [4.69, 9.17) is 15.4 Å². The van der Waals surface area contributed by atoms with Crippen LogP contribution in [0, 0.1) is 13.4 Å². The van der Waals surface area contributed by atoms with Gasteiger partial charge >= 0.3 is 0 Å². The molecule has 5 aromatic rings. The third kappa shape index (κ3) is 3.73. The molecule has 0 radical (unpaired) electrons. The molecule has 6 heteroatoms. The number of hydrogen-bond acceptors (Lipinski definition) is 4. The van der Waals surface area contributed by atoms with Gasteiger partial charge in [0.2, 0.25) is 0 Å². The van der Waals surface area contributed by atoms with Crippen LogP contribution in [-0.4, -0.2) is 28.2 Å². The van der Waals surface area contributed by atoms with Crippen LogP contribution in [0.1, 0.15) is 9.68 Å². The highest BCUT2D eigenvalue weighted by Crippen LogP contribution is 2.37. The normalized spacial score (nSPS) is 14.7. The van der Waals surface area contributed by atoms with E-state index in [9.17, 15) is 0 Å². The molecule has 35 heavy (non-hydrogen) atoms. The van der Waals surface area contributed by atoms with Crippen molar-refractivity contribution in [2.75, 3.05) is 18.6 Å². The van der Waals surface area contributed by atoms with E-state index >= 15 is 0 Å². The molecule has 6 rings (SSSR count). The minimum absolute atomic E-state index is 0.228. The molecule has 1 aliphatic rings. The van der Waals surface area contributed by atoms with Crippen LogP contribution in [0.5, 0.6) is 11.5 Å². The Hall–Kier alpha value is -4.76. The molecule has 0 aliphatic carbocycles. The van der Waals surface area contributed by atoms with E-state index in [0.29, 0.717) is 29.7 Å². The smallest absolute Gasteiger partial charge is 0.192 e.